The number of hydrogen-bond acceptors (Lipinski definition) is 8. The molecule has 13 heteroatoms. The molecule has 1 aromatic heterocycles. The molecule has 31 heavy (non-hydrogen) atoms. The molecule has 0 radical (unpaired) electrons. The SMILES string of the molecule is CNC(=O)NC(C(=O)N[C@H]1C(=O)N2C(C(=O)O)=C(COC(C)=O)CSC12)c1cccs1. The number of urea groups is 1. The highest BCUT2D eigenvalue weighted by molar-refractivity contribution is 8.00. The van der Waals surface area contributed by atoms with E-state index < -0.39 is 47.2 Å². The Morgan fingerprint density at radius 2 is 2.10 bits per heavy atom. The maximum Gasteiger partial charge on any atom is 0.352 e. The van der Waals surface area contributed by atoms with Crippen molar-refractivity contribution in [3.8, 4) is 0 Å². The highest BCUT2D eigenvalue weighted by Crippen LogP contribution is 2.40. The molecule has 1 fully saturated rings. The van der Waals surface area contributed by atoms with Gasteiger partial charge in [0.05, 0.1) is 0 Å². The Kier molecular flexibility index (Phi) is 6.85. The van der Waals surface area contributed by atoms with Gasteiger partial charge in [-0.25, -0.2) is 9.59 Å². The van der Waals surface area contributed by atoms with Crippen LogP contribution in [-0.2, 0) is 23.9 Å². The molecule has 0 saturated carbocycles. The third-order valence-corrected chi connectivity index (χ3v) is 6.87. The summed E-state index contributed by atoms with van der Waals surface area (Å²) in [6.07, 6.45) is 0. The van der Waals surface area contributed by atoms with Crippen LogP contribution in [0.15, 0.2) is 28.8 Å². The van der Waals surface area contributed by atoms with E-state index in [4.69, 9.17) is 4.74 Å². The minimum Gasteiger partial charge on any atom is -0.477 e. The number of rotatable bonds is 7. The average molecular weight is 469 g/mol. The van der Waals surface area contributed by atoms with Gasteiger partial charge in [0.25, 0.3) is 5.91 Å². The minimum atomic E-state index is -1.32. The third kappa shape index (κ3) is 4.66. The summed E-state index contributed by atoms with van der Waals surface area (Å²) in [6, 6.07) is 0.892. The fourth-order valence-corrected chi connectivity index (χ4v) is 5.25. The molecule has 2 aliphatic rings. The molecule has 2 aliphatic heterocycles. The van der Waals surface area contributed by atoms with Crippen molar-refractivity contribution in [2.45, 2.75) is 24.4 Å². The second-order valence-corrected chi connectivity index (χ2v) is 8.69. The summed E-state index contributed by atoms with van der Waals surface area (Å²) in [5, 5.41) is 18.2. The molecule has 0 aromatic carbocycles. The van der Waals surface area contributed by atoms with E-state index in [-0.39, 0.29) is 18.1 Å². The van der Waals surface area contributed by atoms with Crippen molar-refractivity contribution < 1.29 is 33.8 Å². The highest BCUT2D eigenvalue weighted by Gasteiger charge is 2.54. The number of ether oxygens (including phenoxy) is 1. The first-order chi connectivity index (χ1) is 14.7. The zero-order valence-corrected chi connectivity index (χ0v) is 18.2. The zero-order chi connectivity index (χ0) is 22.7. The van der Waals surface area contributed by atoms with Crippen LogP contribution >= 0.6 is 23.1 Å². The van der Waals surface area contributed by atoms with Gasteiger partial charge in [-0.3, -0.25) is 19.3 Å². The zero-order valence-electron chi connectivity index (χ0n) is 16.5. The van der Waals surface area contributed by atoms with E-state index in [1.54, 1.807) is 17.5 Å². The Balaban J connectivity index is 1.75. The van der Waals surface area contributed by atoms with Gasteiger partial charge in [-0.05, 0) is 11.4 Å². The van der Waals surface area contributed by atoms with Crippen LogP contribution in [-0.4, -0.2) is 70.6 Å². The molecule has 1 aromatic rings. The maximum absolute atomic E-state index is 12.9. The molecular weight excluding hydrogens is 448 g/mol. The van der Waals surface area contributed by atoms with Crippen LogP contribution < -0.4 is 16.0 Å². The summed E-state index contributed by atoms with van der Waals surface area (Å²) < 4.78 is 4.89. The van der Waals surface area contributed by atoms with Crippen molar-refractivity contribution in [3.05, 3.63) is 33.7 Å². The van der Waals surface area contributed by atoms with E-state index in [2.05, 4.69) is 16.0 Å². The van der Waals surface area contributed by atoms with Crippen LogP contribution in [0.1, 0.15) is 17.8 Å². The van der Waals surface area contributed by atoms with Crippen molar-refractivity contribution >= 4 is 52.9 Å². The number of hydrogen-bond donors (Lipinski definition) is 4. The first-order valence-corrected chi connectivity index (χ1v) is 11.0. The van der Waals surface area contributed by atoms with Crippen molar-refractivity contribution in [3.63, 3.8) is 0 Å². The molecular formula is C18H20N4O7S2. The molecule has 3 atom stereocenters. The van der Waals surface area contributed by atoms with Crippen molar-refractivity contribution in [1.29, 1.82) is 0 Å². The monoisotopic (exact) mass is 468 g/mol. The predicted molar refractivity (Wildman–Crippen MR) is 111 cm³/mol. The number of thioether (sulfide) groups is 1. The second-order valence-electron chi connectivity index (χ2n) is 6.61. The Labute approximate surface area is 185 Å². The fraction of sp³-hybridized carbons (Fsp3) is 0.389. The van der Waals surface area contributed by atoms with E-state index in [1.807, 2.05) is 0 Å². The van der Waals surface area contributed by atoms with Gasteiger partial charge in [-0.15, -0.1) is 23.1 Å². The van der Waals surface area contributed by atoms with Gasteiger partial charge in [-0.2, -0.15) is 0 Å². The lowest BCUT2D eigenvalue weighted by molar-refractivity contribution is -0.151. The third-order valence-electron chi connectivity index (χ3n) is 4.59. The van der Waals surface area contributed by atoms with Gasteiger partial charge in [0.15, 0.2) is 0 Å². The van der Waals surface area contributed by atoms with Crippen molar-refractivity contribution in [2.24, 2.45) is 0 Å². The van der Waals surface area contributed by atoms with Crippen LogP contribution in [0.25, 0.3) is 0 Å². The van der Waals surface area contributed by atoms with Crippen LogP contribution in [0.5, 0.6) is 0 Å². The molecule has 3 heterocycles. The number of carboxylic acids is 1. The first kappa shape index (κ1) is 22.6. The summed E-state index contributed by atoms with van der Waals surface area (Å²) in [6.45, 7) is 0.977. The number of nitrogens with one attached hydrogen (secondary N) is 3. The lowest BCUT2D eigenvalue weighted by Gasteiger charge is -2.49. The number of thiophene rings is 1. The summed E-state index contributed by atoms with van der Waals surface area (Å²) in [5.74, 6) is -2.83. The number of esters is 1. The molecule has 4 amide bonds. The number of carbonyl (C=O) groups excluding carboxylic acids is 4. The second kappa shape index (κ2) is 9.39. The summed E-state index contributed by atoms with van der Waals surface area (Å²) in [5.41, 5.74) is 0.0682. The highest BCUT2D eigenvalue weighted by atomic mass is 32.2. The van der Waals surface area contributed by atoms with Crippen LogP contribution in [0.3, 0.4) is 0 Å². The molecule has 4 N–H and O–H groups in total. The van der Waals surface area contributed by atoms with Gasteiger partial charge in [0, 0.05) is 30.2 Å². The lowest BCUT2D eigenvalue weighted by Crippen LogP contribution is -2.71. The minimum absolute atomic E-state index is 0.223. The van der Waals surface area contributed by atoms with Crippen LogP contribution in [0.2, 0.25) is 0 Å². The van der Waals surface area contributed by atoms with E-state index >= 15 is 0 Å². The van der Waals surface area contributed by atoms with Crippen LogP contribution in [0, 0.1) is 0 Å². The summed E-state index contributed by atoms with van der Waals surface area (Å²) in [4.78, 5) is 61.8. The average Bonchev–Trinajstić information content (AvgIpc) is 3.27. The lowest BCUT2D eigenvalue weighted by atomic mass is 10.0. The van der Waals surface area contributed by atoms with E-state index in [1.165, 1.54) is 37.1 Å². The van der Waals surface area contributed by atoms with Crippen LogP contribution in [0.4, 0.5) is 4.79 Å². The van der Waals surface area contributed by atoms with E-state index in [9.17, 15) is 29.1 Å². The molecule has 11 nitrogen and oxygen atoms in total. The van der Waals surface area contributed by atoms with Gasteiger partial charge >= 0.3 is 18.0 Å². The molecule has 0 bridgehead atoms. The van der Waals surface area contributed by atoms with Gasteiger partial charge in [0.1, 0.15) is 29.8 Å². The Morgan fingerprint density at radius 3 is 2.68 bits per heavy atom. The largest absolute Gasteiger partial charge is 0.477 e. The topological polar surface area (TPSA) is 154 Å². The maximum atomic E-state index is 12.9. The number of amides is 4. The summed E-state index contributed by atoms with van der Waals surface area (Å²) >= 11 is 2.53. The van der Waals surface area contributed by atoms with E-state index in [0.29, 0.717) is 10.5 Å². The Bertz CT molecular complexity index is 947. The number of β-lactam (4-membered cyclic amide) rings is 1. The van der Waals surface area contributed by atoms with Gasteiger partial charge < -0.3 is 25.8 Å². The molecule has 1 saturated heterocycles. The number of aliphatic carboxylic acids is 1. The van der Waals surface area contributed by atoms with E-state index in [0.717, 1.165) is 4.90 Å². The summed E-state index contributed by atoms with van der Waals surface area (Å²) in [7, 11) is 1.41. The normalized spacial score (nSPS) is 20.8. The smallest absolute Gasteiger partial charge is 0.352 e. The van der Waals surface area contributed by atoms with Crippen molar-refractivity contribution in [1.82, 2.24) is 20.9 Å². The quantitative estimate of drug-likeness (QED) is 0.323. The Hall–Kier alpha value is -3.06. The molecule has 0 spiro atoms. The Morgan fingerprint density at radius 1 is 1.35 bits per heavy atom. The predicted octanol–water partition coefficient (Wildman–Crippen LogP) is 0.0199. The first-order valence-electron chi connectivity index (χ1n) is 9.10. The standard InChI is InChI=1S/C18H20N4O7S2/c1-8(23)29-6-9-7-31-16-12(15(25)22(16)13(9)17(26)27)20-14(24)11(21-18(28)19-2)10-4-3-5-30-10/h3-5,11-12,16H,6-7H2,1-2H3,(H,20,24)(H,26,27)(H2,19,21,28)/t11?,12-,16?/m0/s1. The number of carboxylic acid groups (broad SMARTS) is 1. The fourth-order valence-electron chi connectivity index (χ4n) is 3.14. The number of carbonyl (C=O) groups is 5. The van der Waals surface area contributed by atoms with Gasteiger partial charge in [-0.1, -0.05) is 6.07 Å². The molecule has 0 aliphatic carbocycles. The van der Waals surface area contributed by atoms with Crippen molar-refractivity contribution in [2.75, 3.05) is 19.4 Å². The molecule has 166 valence electrons. The van der Waals surface area contributed by atoms with Gasteiger partial charge in [0.2, 0.25) is 5.91 Å². The number of nitrogens with zero attached hydrogens (tertiary/aromatic N) is 1. The number of fused-ring (bicyclic) bond motifs is 1. The molecule has 3 rings (SSSR count). The molecule has 2 unspecified atom stereocenters.